The largest absolute Gasteiger partial charge is 0.309 e. The number of benzene rings is 2. The van der Waals surface area contributed by atoms with Crippen molar-refractivity contribution in [2.24, 2.45) is 0 Å². The van der Waals surface area contributed by atoms with Crippen molar-refractivity contribution in [3.63, 3.8) is 0 Å². The van der Waals surface area contributed by atoms with Gasteiger partial charge in [-0.05, 0) is 52.2 Å². The molecule has 184 valence electrons. The van der Waals surface area contributed by atoms with Crippen LogP contribution in [0, 0.1) is 17.0 Å². The van der Waals surface area contributed by atoms with E-state index in [4.69, 9.17) is 0 Å². The van der Waals surface area contributed by atoms with Crippen LogP contribution in [0.15, 0.2) is 47.4 Å². The highest BCUT2D eigenvalue weighted by atomic mass is 35.5. The van der Waals surface area contributed by atoms with Gasteiger partial charge in [-0.25, -0.2) is 13.4 Å². The van der Waals surface area contributed by atoms with Crippen LogP contribution in [0.1, 0.15) is 18.4 Å². The highest BCUT2D eigenvalue weighted by molar-refractivity contribution is 7.91. The molecule has 0 spiro atoms. The summed E-state index contributed by atoms with van der Waals surface area (Å²) in [4.78, 5) is 31.9. The first-order valence-corrected chi connectivity index (χ1v) is 12.8. The maximum atomic E-state index is 13.1. The molecule has 2 aromatic carbocycles. The Balaban J connectivity index is 0.00000408. The van der Waals surface area contributed by atoms with Crippen LogP contribution in [0.3, 0.4) is 0 Å². The van der Waals surface area contributed by atoms with Gasteiger partial charge in [-0.15, -0.1) is 12.4 Å². The summed E-state index contributed by atoms with van der Waals surface area (Å²) in [5, 5.41) is 11.5. The number of aromatic nitrogens is 1. The SMILES string of the molecule is Cc1ccc(S(=O)(=O)CCC(=O)N(CCCN(C)C)c2nc3ccc([N+](=O)[O-])cc3s2)cc1.Cl. The van der Waals surface area contributed by atoms with Crippen LogP contribution in [0.4, 0.5) is 10.8 Å². The van der Waals surface area contributed by atoms with Crippen molar-refractivity contribution in [1.29, 1.82) is 0 Å². The Kier molecular flexibility index (Phi) is 9.51. The van der Waals surface area contributed by atoms with Crippen LogP contribution in [0.25, 0.3) is 10.2 Å². The van der Waals surface area contributed by atoms with Gasteiger partial charge in [0.25, 0.3) is 5.69 Å². The number of rotatable bonds is 10. The van der Waals surface area contributed by atoms with Crippen molar-refractivity contribution in [2.45, 2.75) is 24.7 Å². The minimum atomic E-state index is -3.61. The van der Waals surface area contributed by atoms with Crippen molar-refractivity contribution in [3.8, 4) is 0 Å². The summed E-state index contributed by atoms with van der Waals surface area (Å²) in [6.45, 7) is 2.98. The molecule has 3 rings (SSSR count). The highest BCUT2D eigenvalue weighted by Crippen LogP contribution is 2.32. The minimum Gasteiger partial charge on any atom is -0.309 e. The third kappa shape index (κ3) is 6.95. The molecule has 34 heavy (non-hydrogen) atoms. The molecule has 1 amide bonds. The lowest BCUT2D eigenvalue weighted by Crippen LogP contribution is -2.34. The number of hydrogen-bond donors (Lipinski definition) is 0. The van der Waals surface area contributed by atoms with Crippen molar-refractivity contribution in [1.82, 2.24) is 9.88 Å². The fraction of sp³-hybridized carbons (Fsp3) is 0.364. The van der Waals surface area contributed by atoms with Gasteiger partial charge in [0.15, 0.2) is 15.0 Å². The molecule has 0 aliphatic heterocycles. The Hall–Kier alpha value is -2.60. The molecular weight excluding hydrogens is 500 g/mol. The van der Waals surface area contributed by atoms with E-state index in [0.717, 1.165) is 12.1 Å². The monoisotopic (exact) mass is 526 g/mol. The van der Waals surface area contributed by atoms with Crippen LogP contribution in [-0.2, 0) is 14.6 Å². The lowest BCUT2D eigenvalue weighted by molar-refractivity contribution is -0.384. The van der Waals surface area contributed by atoms with E-state index in [0.29, 0.717) is 28.3 Å². The number of anilines is 1. The predicted molar refractivity (Wildman–Crippen MR) is 137 cm³/mol. The molecule has 0 bridgehead atoms. The van der Waals surface area contributed by atoms with E-state index in [1.807, 2.05) is 25.9 Å². The van der Waals surface area contributed by atoms with Crippen molar-refractivity contribution < 1.29 is 18.1 Å². The van der Waals surface area contributed by atoms with Crippen LogP contribution >= 0.6 is 23.7 Å². The zero-order chi connectivity index (χ0) is 24.2. The highest BCUT2D eigenvalue weighted by Gasteiger charge is 2.23. The average molecular weight is 527 g/mol. The topological polar surface area (TPSA) is 114 Å². The Bertz CT molecular complexity index is 1260. The Morgan fingerprint density at radius 2 is 1.79 bits per heavy atom. The second-order valence-corrected chi connectivity index (χ2v) is 11.1. The molecule has 0 atom stereocenters. The van der Waals surface area contributed by atoms with Crippen LogP contribution in [-0.4, -0.2) is 62.1 Å². The second kappa shape index (κ2) is 11.7. The normalized spacial score (nSPS) is 11.4. The fourth-order valence-corrected chi connectivity index (χ4v) is 5.49. The van der Waals surface area contributed by atoms with E-state index in [1.54, 1.807) is 30.3 Å². The Morgan fingerprint density at radius 3 is 2.41 bits per heavy atom. The minimum absolute atomic E-state index is 0. The lowest BCUT2D eigenvalue weighted by Gasteiger charge is -2.21. The Labute approximate surface area is 208 Å². The molecule has 0 aliphatic rings. The van der Waals surface area contributed by atoms with E-state index in [2.05, 4.69) is 4.98 Å². The number of carbonyl (C=O) groups is 1. The first-order valence-electron chi connectivity index (χ1n) is 10.4. The number of thiazole rings is 1. The fourth-order valence-electron chi connectivity index (χ4n) is 3.22. The third-order valence-corrected chi connectivity index (χ3v) is 7.83. The zero-order valence-corrected chi connectivity index (χ0v) is 21.6. The van der Waals surface area contributed by atoms with Gasteiger partial charge in [-0.1, -0.05) is 29.0 Å². The van der Waals surface area contributed by atoms with Gasteiger partial charge in [-0.2, -0.15) is 0 Å². The zero-order valence-electron chi connectivity index (χ0n) is 19.1. The van der Waals surface area contributed by atoms with Crippen molar-refractivity contribution >= 4 is 60.5 Å². The first kappa shape index (κ1) is 27.6. The van der Waals surface area contributed by atoms with E-state index in [1.165, 1.54) is 28.4 Å². The van der Waals surface area contributed by atoms with Crippen molar-refractivity contribution in [2.75, 3.05) is 37.8 Å². The lowest BCUT2D eigenvalue weighted by atomic mass is 10.2. The third-order valence-electron chi connectivity index (χ3n) is 5.06. The molecule has 9 nitrogen and oxygen atoms in total. The molecule has 0 saturated carbocycles. The number of nitro groups is 1. The van der Waals surface area contributed by atoms with Gasteiger partial charge in [-0.3, -0.25) is 19.8 Å². The van der Waals surface area contributed by atoms with E-state index in [9.17, 15) is 23.3 Å². The van der Waals surface area contributed by atoms with Crippen LogP contribution in [0.2, 0.25) is 0 Å². The number of fused-ring (bicyclic) bond motifs is 1. The van der Waals surface area contributed by atoms with Gasteiger partial charge in [0.1, 0.15) is 0 Å². The molecule has 0 saturated heterocycles. The molecule has 0 N–H and O–H groups in total. The number of aryl methyl sites for hydroxylation is 1. The molecule has 0 radical (unpaired) electrons. The number of sulfone groups is 1. The summed E-state index contributed by atoms with van der Waals surface area (Å²) in [6.07, 6.45) is 0.480. The van der Waals surface area contributed by atoms with Gasteiger partial charge >= 0.3 is 0 Å². The predicted octanol–water partition coefficient (Wildman–Crippen LogP) is 4.08. The molecule has 0 fully saturated rings. The number of carbonyl (C=O) groups excluding carboxylic acids is 1. The number of nitrogens with zero attached hydrogens (tertiary/aromatic N) is 4. The molecular formula is C22H27ClN4O5S2. The molecule has 1 aromatic heterocycles. The number of amides is 1. The molecule has 12 heteroatoms. The summed E-state index contributed by atoms with van der Waals surface area (Å²) in [7, 11) is 0.246. The standard InChI is InChI=1S/C22H26N4O5S2.ClH/c1-16-5-8-18(9-6-16)33(30,31)14-11-21(27)25(13-4-12-24(2)3)22-23-19-10-7-17(26(28)29)15-20(19)32-22;/h5-10,15H,4,11-14H2,1-3H3;1H. The maximum absolute atomic E-state index is 13.1. The molecule has 3 aromatic rings. The quantitative estimate of drug-likeness (QED) is 0.289. The van der Waals surface area contributed by atoms with Crippen molar-refractivity contribution in [3.05, 3.63) is 58.1 Å². The number of hydrogen-bond acceptors (Lipinski definition) is 8. The average Bonchev–Trinajstić information content (AvgIpc) is 3.18. The molecule has 0 aliphatic carbocycles. The smallest absolute Gasteiger partial charge is 0.270 e. The summed E-state index contributed by atoms with van der Waals surface area (Å²) in [5.74, 6) is -0.659. The number of halogens is 1. The van der Waals surface area contributed by atoms with E-state index < -0.39 is 14.8 Å². The van der Waals surface area contributed by atoms with Crippen LogP contribution < -0.4 is 4.90 Å². The number of nitro benzene ring substituents is 1. The summed E-state index contributed by atoms with van der Waals surface area (Å²) in [5.41, 5.74) is 1.46. The summed E-state index contributed by atoms with van der Waals surface area (Å²) >= 11 is 1.18. The van der Waals surface area contributed by atoms with Gasteiger partial charge < -0.3 is 4.90 Å². The molecule has 0 unspecified atom stereocenters. The molecule has 1 heterocycles. The van der Waals surface area contributed by atoms with Gasteiger partial charge in [0.05, 0.1) is 25.8 Å². The summed E-state index contributed by atoms with van der Waals surface area (Å²) < 4.78 is 26.0. The Morgan fingerprint density at radius 1 is 1.12 bits per heavy atom. The van der Waals surface area contributed by atoms with E-state index in [-0.39, 0.29) is 41.1 Å². The number of non-ortho nitro benzene ring substituents is 1. The second-order valence-electron chi connectivity index (χ2n) is 7.99. The van der Waals surface area contributed by atoms with Crippen LogP contribution in [0.5, 0.6) is 0 Å². The van der Waals surface area contributed by atoms with E-state index >= 15 is 0 Å². The summed E-state index contributed by atoms with van der Waals surface area (Å²) in [6, 6.07) is 10.9. The first-order chi connectivity index (χ1) is 15.6. The van der Waals surface area contributed by atoms with Gasteiger partial charge in [0, 0.05) is 25.1 Å². The maximum Gasteiger partial charge on any atom is 0.270 e. The van der Waals surface area contributed by atoms with Gasteiger partial charge in [0.2, 0.25) is 5.91 Å².